The second-order valence-corrected chi connectivity index (χ2v) is 6.54. The van der Waals surface area contributed by atoms with Gasteiger partial charge >= 0.3 is 0 Å². The number of para-hydroxylation sites is 1. The molecule has 122 valence electrons. The number of amides is 1. The largest absolute Gasteiger partial charge is 0.493 e. The molecule has 1 aromatic rings. The predicted octanol–water partition coefficient (Wildman–Crippen LogP) is 3.86. The van der Waals surface area contributed by atoms with Crippen LogP contribution in [0.1, 0.15) is 43.5 Å². The molecule has 1 amide bonds. The van der Waals surface area contributed by atoms with Crippen molar-refractivity contribution < 1.29 is 14.3 Å². The Hall–Kier alpha value is -1.36. The molecule has 1 heterocycles. The number of hydrogen-bond acceptors (Lipinski definition) is 4. The minimum Gasteiger partial charge on any atom is -0.493 e. The Morgan fingerprint density at radius 3 is 2.82 bits per heavy atom. The number of hydrogen-bond donors (Lipinski definition) is 0. The van der Waals surface area contributed by atoms with E-state index in [1.807, 2.05) is 23.1 Å². The summed E-state index contributed by atoms with van der Waals surface area (Å²) in [7, 11) is 3.28. The monoisotopic (exact) mass is 323 g/mol. The van der Waals surface area contributed by atoms with Gasteiger partial charge in [-0.15, -0.1) is 11.8 Å². The van der Waals surface area contributed by atoms with Crippen molar-refractivity contribution in [2.75, 3.05) is 26.5 Å². The van der Waals surface area contributed by atoms with Crippen LogP contribution in [0.3, 0.4) is 0 Å². The normalized spacial score (nSPS) is 17.6. The van der Waals surface area contributed by atoms with Crippen molar-refractivity contribution in [3.05, 3.63) is 23.8 Å². The van der Waals surface area contributed by atoms with Crippen LogP contribution in [0, 0.1) is 0 Å². The molecule has 2 rings (SSSR count). The molecular formula is C17H25NO3S. The summed E-state index contributed by atoms with van der Waals surface area (Å²) >= 11 is 1.79. The van der Waals surface area contributed by atoms with Crippen molar-refractivity contribution >= 4 is 17.7 Å². The molecular weight excluding hydrogens is 298 g/mol. The Kier molecular flexibility index (Phi) is 6.43. The summed E-state index contributed by atoms with van der Waals surface area (Å²) in [5.41, 5.74) is 1.02. The number of carbonyl (C=O) groups excluding carboxylic acids is 1. The lowest BCUT2D eigenvalue weighted by Gasteiger charge is -2.26. The van der Waals surface area contributed by atoms with Gasteiger partial charge in [0.2, 0.25) is 5.91 Å². The van der Waals surface area contributed by atoms with Gasteiger partial charge in [0.25, 0.3) is 0 Å². The number of carbonyl (C=O) groups is 1. The topological polar surface area (TPSA) is 38.8 Å². The highest BCUT2D eigenvalue weighted by Crippen LogP contribution is 2.45. The van der Waals surface area contributed by atoms with E-state index in [0.717, 1.165) is 42.9 Å². The van der Waals surface area contributed by atoms with Crippen LogP contribution < -0.4 is 9.47 Å². The predicted molar refractivity (Wildman–Crippen MR) is 90.6 cm³/mol. The molecule has 1 unspecified atom stereocenters. The lowest BCUT2D eigenvalue weighted by molar-refractivity contribution is -0.131. The van der Waals surface area contributed by atoms with Crippen LogP contribution in [-0.4, -0.2) is 37.3 Å². The second kappa shape index (κ2) is 8.32. The average molecular weight is 323 g/mol. The smallest absolute Gasteiger partial charge is 0.223 e. The molecule has 1 saturated heterocycles. The van der Waals surface area contributed by atoms with Crippen molar-refractivity contribution in [1.29, 1.82) is 0 Å². The van der Waals surface area contributed by atoms with Gasteiger partial charge in [-0.05, 0) is 12.5 Å². The van der Waals surface area contributed by atoms with Crippen LogP contribution in [0.15, 0.2) is 18.2 Å². The number of methoxy groups -OCH3 is 2. The van der Waals surface area contributed by atoms with Crippen LogP contribution in [0.25, 0.3) is 0 Å². The molecule has 0 spiro atoms. The van der Waals surface area contributed by atoms with Crippen LogP contribution >= 0.6 is 11.8 Å². The molecule has 0 bridgehead atoms. The Labute approximate surface area is 137 Å². The van der Waals surface area contributed by atoms with Gasteiger partial charge < -0.3 is 14.4 Å². The maximum Gasteiger partial charge on any atom is 0.223 e. The first-order valence-electron chi connectivity index (χ1n) is 7.84. The molecule has 0 N–H and O–H groups in total. The molecule has 1 aliphatic heterocycles. The van der Waals surface area contributed by atoms with Crippen LogP contribution in [0.5, 0.6) is 11.5 Å². The fraction of sp³-hybridized carbons (Fsp3) is 0.588. The van der Waals surface area contributed by atoms with Gasteiger partial charge in [0, 0.05) is 24.3 Å². The summed E-state index contributed by atoms with van der Waals surface area (Å²) in [6.07, 6.45) is 3.85. The van der Waals surface area contributed by atoms with E-state index in [2.05, 4.69) is 6.92 Å². The lowest BCUT2D eigenvalue weighted by Crippen LogP contribution is -2.30. The first kappa shape index (κ1) is 17.0. The first-order chi connectivity index (χ1) is 10.7. The molecule has 0 saturated carbocycles. The van der Waals surface area contributed by atoms with Crippen molar-refractivity contribution in [2.24, 2.45) is 0 Å². The Morgan fingerprint density at radius 1 is 1.32 bits per heavy atom. The number of unbranched alkanes of at least 4 members (excludes halogenated alkanes) is 2. The van der Waals surface area contributed by atoms with E-state index >= 15 is 0 Å². The third-order valence-electron chi connectivity index (χ3n) is 3.90. The van der Waals surface area contributed by atoms with Crippen LogP contribution in [0.4, 0.5) is 0 Å². The number of thioether (sulfide) groups is 1. The summed E-state index contributed by atoms with van der Waals surface area (Å²) in [5, 5.41) is 0.0270. The molecule has 1 fully saturated rings. The summed E-state index contributed by atoms with van der Waals surface area (Å²) < 4.78 is 10.9. The van der Waals surface area contributed by atoms with Crippen LogP contribution in [-0.2, 0) is 4.79 Å². The molecule has 0 aliphatic carbocycles. The van der Waals surface area contributed by atoms with Crippen molar-refractivity contribution in [2.45, 2.75) is 38.0 Å². The van der Waals surface area contributed by atoms with Gasteiger partial charge in [0.05, 0.1) is 14.2 Å². The van der Waals surface area contributed by atoms with E-state index in [4.69, 9.17) is 9.47 Å². The summed E-state index contributed by atoms with van der Waals surface area (Å²) in [5.74, 6) is 2.65. The van der Waals surface area contributed by atoms with Crippen LogP contribution in [0.2, 0.25) is 0 Å². The highest BCUT2D eigenvalue weighted by Gasteiger charge is 2.32. The lowest BCUT2D eigenvalue weighted by atomic mass is 10.1. The molecule has 4 nitrogen and oxygen atoms in total. The highest BCUT2D eigenvalue weighted by molar-refractivity contribution is 7.99. The van der Waals surface area contributed by atoms with Gasteiger partial charge in [-0.1, -0.05) is 31.9 Å². The third-order valence-corrected chi connectivity index (χ3v) is 5.15. The first-order valence-corrected chi connectivity index (χ1v) is 8.89. The minimum atomic E-state index is 0.0270. The number of rotatable bonds is 7. The molecule has 22 heavy (non-hydrogen) atoms. The van der Waals surface area contributed by atoms with Gasteiger partial charge in [-0.2, -0.15) is 0 Å². The number of benzene rings is 1. The Balaban J connectivity index is 2.18. The van der Waals surface area contributed by atoms with E-state index in [9.17, 15) is 4.79 Å². The van der Waals surface area contributed by atoms with Crippen molar-refractivity contribution in [3.63, 3.8) is 0 Å². The number of ether oxygens (including phenoxy) is 2. The zero-order valence-corrected chi connectivity index (χ0v) is 14.4. The SMILES string of the molecule is CCCCCC(=O)N1CCSC1c1cccc(OC)c1OC. The van der Waals surface area contributed by atoms with Gasteiger partial charge in [0.15, 0.2) is 11.5 Å². The van der Waals surface area contributed by atoms with E-state index in [0.29, 0.717) is 12.2 Å². The molecule has 5 heteroatoms. The second-order valence-electron chi connectivity index (χ2n) is 5.35. The van der Waals surface area contributed by atoms with Gasteiger partial charge in [-0.25, -0.2) is 0 Å². The highest BCUT2D eigenvalue weighted by atomic mass is 32.2. The van der Waals surface area contributed by atoms with E-state index in [1.54, 1.807) is 26.0 Å². The molecule has 1 aromatic carbocycles. The summed E-state index contributed by atoms with van der Waals surface area (Å²) in [6.45, 7) is 2.96. The fourth-order valence-electron chi connectivity index (χ4n) is 2.76. The van der Waals surface area contributed by atoms with Crippen molar-refractivity contribution in [3.8, 4) is 11.5 Å². The quantitative estimate of drug-likeness (QED) is 0.714. The molecule has 0 aromatic heterocycles. The van der Waals surface area contributed by atoms with Crippen molar-refractivity contribution in [1.82, 2.24) is 4.90 Å². The Bertz CT molecular complexity index is 507. The molecule has 1 aliphatic rings. The van der Waals surface area contributed by atoms with E-state index < -0.39 is 0 Å². The summed E-state index contributed by atoms with van der Waals surface area (Å²) in [6, 6.07) is 5.86. The fourth-order valence-corrected chi connectivity index (χ4v) is 4.05. The van der Waals surface area contributed by atoms with E-state index in [1.165, 1.54) is 0 Å². The molecule has 1 atom stereocenters. The molecule has 0 radical (unpaired) electrons. The average Bonchev–Trinajstić information content (AvgIpc) is 3.03. The zero-order valence-electron chi connectivity index (χ0n) is 13.6. The standard InChI is InChI=1S/C17H25NO3S/c1-4-5-6-10-15(19)18-11-12-22-17(18)13-8-7-9-14(20-2)16(13)21-3/h7-9,17H,4-6,10-12H2,1-3H3. The Morgan fingerprint density at radius 2 is 2.14 bits per heavy atom. The third kappa shape index (κ3) is 3.69. The van der Waals surface area contributed by atoms with Gasteiger partial charge in [0.1, 0.15) is 5.37 Å². The maximum atomic E-state index is 12.5. The minimum absolute atomic E-state index is 0.0270. The maximum absolute atomic E-state index is 12.5. The van der Waals surface area contributed by atoms with E-state index in [-0.39, 0.29) is 11.3 Å². The van der Waals surface area contributed by atoms with Gasteiger partial charge in [-0.3, -0.25) is 4.79 Å². The zero-order chi connectivity index (χ0) is 15.9. The number of nitrogens with zero attached hydrogens (tertiary/aromatic N) is 1. The summed E-state index contributed by atoms with van der Waals surface area (Å²) in [4.78, 5) is 14.5.